The second kappa shape index (κ2) is 6.74. The first-order chi connectivity index (χ1) is 12.4. The lowest BCUT2D eigenvalue weighted by Gasteiger charge is -2.38. The molecule has 0 unspecified atom stereocenters. The van der Waals surface area contributed by atoms with E-state index < -0.39 is 0 Å². The average molecular weight is 356 g/mol. The molecule has 3 heterocycles. The molecule has 2 aromatic carbocycles. The van der Waals surface area contributed by atoms with E-state index >= 15 is 0 Å². The van der Waals surface area contributed by atoms with Crippen LogP contribution in [0.4, 0.5) is 0 Å². The molecular weight excluding hydrogens is 336 g/mol. The minimum absolute atomic E-state index is 0.0315. The van der Waals surface area contributed by atoms with Crippen LogP contribution in [0.5, 0.6) is 0 Å². The molecule has 0 amide bonds. The molecule has 2 aromatic rings. The Labute approximate surface area is 151 Å². The third-order valence-electron chi connectivity index (χ3n) is 4.93. The molecule has 0 radical (unpaired) electrons. The van der Waals surface area contributed by atoms with Gasteiger partial charge in [-0.1, -0.05) is 60.7 Å². The molecule has 3 fully saturated rings. The van der Waals surface area contributed by atoms with Crippen LogP contribution in [0.15, 0.2) is 60.7 Å². The Kier molecular flexibility index (Phi) is 4.27. The van der Waals surface area contributed by atoms with Gasteiger partial charge in [0.25, 0.3) is 0 Å². The van der Waals surface area contributed by atoms with Crippen molar-refractivity contribution in [2.24, 2.45) is 0 Å². The highest BCUT2D eigenvalue weighted by Crippen LogP contribution is 2.47. The van der Waals surface area contributed by atoms with Gasteiger partial charge in [0.1, 0.15) is 12.2 Å². The number of fused-ring (bicyclic) bond motifs is 3. The maximum Gasteiger partial charge on any atom is 0.184 e. The summed E-state index contributed by atoms with van der Waals surface area (Å²) in [5.41, 5.74) is 2.11. The minimum atomic E-state index is -0.316. The first-order valence-corrected chi connectivity index (χ1v) is 9.62. The van der Waals surface area contributed by atoms with E-state index in [2.05, 4.69) is 0 Å². The maximum absolute atomic E-state index is 6.33. The molecule has 4 nitrogen and oxygen atoms in total. The van der Waals surface area contributed by atoms with Gasteiger partial charge >= 0.3 is 0 Å². The van der Waals surface area contributed by atoms with E-state index in [1.807, 2.05) is 72.4 Å². The van der Waals surface area contributed by atoms with Crippen molar-refractivity contribution in [1.82, 2.24) is 0 Å². The lowest BCUT2D eigenvalue weighted by atomic mass is 10.0. The van der Waals surface area contributed by atoms with Crippen molar-refractivity contribution in [2.75, 3.05) is 13.2 Å². The Morgan fingerprint density at radius 2 is 1.08 bits per heavy atom. The Morgan fingerprint density at radius 3 is 1.52 bits per heavy atom. The van der Waals surface area contributed by atoms with Crippen molar-refractivity contribution >= 4 is 11.8 Å². The minimum Gasteiger partial charge on any atom is -0.347 e. The van der Waals surface area contributed by atoms with Crippen LogP contribution < -0.4 is 0 Å². The largest absolute Gasteiger partial charge is 0.347 e. The normalized spacial score (nSPS) is 37.3. The van der Waals surface area contributed by atoms with E-state index in [4.69, 9.17) is 18.9 Å². The number of hydrogen-bond acceptors (Lipinski definition) is 5. The van der Waals surface area contributed by atoms with Crippen molar-refractivity contribution in [3.05, 3.63) is 71.8 Å². The van der Waals surface area contributed by atoms with Gasteiger partial charge < -0.3 is 18.9 Å². The smallest absolute Gasteiger partial charge is 0.184 e. The molecule has 130 valence electrons. The van der Waals surface area contributed by atoms with E-state index in [1.54, 1.807) is 0 Å². The molecule has 0 aromatic heterocycles. The van der Waals surface area contributed by atoms with Gasteiger partial charge in [-0.2, -0.15) is 0 Å². The Morgan fingerprint density at radius 1 is 0.640 bits per heavy atom. The first-order valence-electron chi connectivity index (χ1n) is 8.68. The highest BCUT2D eigenvalue weighted by molar-refractivity contribution is 8.01. The summed E-state index contributed by atoms with van der Waals surface area (Å²) in [7, 11) is 0. The number of hydrogen-bond donors (Lipinski definition) is 0. The summed E-state index contributed by atoms with van der Waals surface area (Å²) in [6, 6.07) is 20.2. The summed E-state index contributed by atoms with van der Waals surface area (Å²) >= 11 is 1.87. The zero-order chi connectivity index (χ0) is 16.6. The van der Waals surface area contributed by atoms with Crippen LogP contribution in [0.3, 0.4) is 0 Å². The van der Waals surface area contributed by atoms with Crippen molar-refractivity contribution in [3.63, 3.8) is 0 Å². The number of ether oxygens (including phenoxy) is 4. The molecule has 3 aliphatic heterocycles. The second-order valence-electron chi connectivity index (χ2n) is 6.57. The standard InChI is InChI=1S/C20H20O4S/c1-3-7-13(8-4-1)19-21-11-15-17(23-19)18-16(25-15)12-22-20(24-18)14-9-5-2-6-10-14/h1-10,15-20H,11-12H2/t15-,16-,17+,18+,19+,20+/m0/s1. The lowest BCUT2D eigenvalue weighted by Crippen LogP contribution is -2.47. The van der Waals surface area contributed by atoms with Crippen LogP contribution >= 0.6 is 11.8 Å². The van der Waals surface area contributed by atoms with Gasteiger partial charge in [0.15, 0.2) is 12.6 Å². The zero-order valence-electron chi connectivity index (χ0n) is 13.7. The van der Waals surface area contributed by atoms with Crippen LogP contribution in [0, 0.1) is 0 Å². The van der Waals surface area contributed by atoms with Gasteiger partial charge in [-0.15, -0.1) is 11.8 Å². The summed E-state index contributed by atoms with van der Waals surface area (Å²) in [6.07, 6.45) is -0.569. The monoisotopic (exact) mass is 356 g/mol. The average Bonchev–Trinajstić information content (AvgIpc) is 3.06. The van der Waals surface area contributed by atoms with Crippen molar-refractivity contribution < 1.29 is 18.9 Å². The molecule has 0 N–H and O–H groups in total. The van der Waals surface area contributed by atoms with Gasteiger partial charge in [0, 0.05) is 11.1 Å². The van der Waals surface area contributed by atoms with Crippen molar-refractivity contribution in [1.29, 1.82) is 0 Å². The fourth-order valence-corrected chi connectivity index (χ4v) is 5.21. The molecule has 3 saturated heterocycles. The summed E-state index contributed by atoms with van der Waals surface area (Å²) < 4.78 is 24.6. The van der Waals surface area contributed by atoms with Crippen LogP contribution in [-0.2, 0) is 18.9 Å². The topological polar surface area (TPSA) is 36.9 Å². The fourth-order valence-electron chi connectivity index (χ4n) is 3.70. The summed E-state index contributed by atoms with van der Waals surface area (Å²) in [6.45, 7) is 1.36. The van der Waals surface area contributed by atoms with Gasteiger partial charge in [-0.05, 0) is 0 Å². The molecule has 0 spiro atoms. The Hall–Kier alpha value is -1.37. The predicted molar refractivity (Wildman–Crippen MR) is 95.2 cm³/mol. The summed E-state index contributed by atoms with van der Waals surface area (Å²) in [5.74, 6) is 0. The van der Waals surface area contributed by atoms with Gasteiger partial charge in [0.05, 0.1) is 23.7 Å². The van der Waals surface area contributed by atoms with E-state index in [-0.39, 0.29) is 24.8 Å². The molecule has 3 aliphatic rings. The van der Waals surface area contributed by atoms with Gasteiger partial charge in [-0.25, -0.2) is 0 Å². The molecule has 25 heavy (non-hydrogen) atoms. The van der Waals surface area contributed by atoms with E-state index in [1.165, 1.54) is 0 Å². The Balaban J connectivity index is 1.34. The Bertz CT molecular complexity index is 649. The number of benzene rings is 2. The number of thioether (sulfide) groups is 1. The third-order valence-corrected chi connectivity index (χ3v) is 6.44. The molecule has 0 saturated carbocycles. The molecule has 6 atom stereocenters. The maximum atomic E-state index is 6.33. The highest BCUT2D eigenvalue weighted by Gasteiger charge is 2.52. The fraction of sp³-hybridized carbons (Fsp3) is 0.400. The van der Waals surface area contributed by atoms with E-state index in [0.29, 0.717) is 23.7 Å². The van der Waals surface area contributed by atoms with Crippen molar-refractivity contribution in [3.8, 4) is 0 Å². The van der Waals surface area contributed by atoms with Crippen LogP contribution in [-0.4, -0.2) is 35.9 Å². The van der Waals surface area contributed by atoms with Crippen LogP contribution in [0.1, 0.15) is 23.7 Å². The third kappa shape index (κ3) is 3.00. The van der Waals surface area contributed by atoms with Gasteiger partial charge in [-0.3, -0.25) is 0 Å². The van der Waals surface area contributed by atoms with Crippen LogP contribution in [0.2, 0.25) is 0 Å². The predicted octanol–water partition coefficient (Wildman–Crippen LogP) is 3.70. The summed E-state index contributed by atoms with van der Waals surface area (Å²) in [5, 5.41) is 0.598. The SMILES string of the molecule is c1ccc([C@@H]2OC[C@@H]3S[C@H]4CO[C@@H](c5ccccc5)O[C@H]4[C@@H]3O2)cc1. The zero-order valence-corrected chi connectivity index (χ0v) is 14.5. The quantitative estimate of drug-likeness (QED) is 0.820. The molecule has 0 aliphatic carbocycles. The second-order valence-corrected chi connectivity index (χ2v) is 8.05. The van der Waals surface area contributed by atoms with E-state index in [0.717, 1.165) is 11.1 Å². The molecular formula is C20H20O4S. The number of rotatable bonds is 2. The summed E-state index contributed by atoms with van der Waals surface area (Å²) in [4.78, 5) is 0. The van der Waals surface area contributed by atoms with Crippen LogP contribution in [0.25, 0.3) is 0 Å². The molecule has 0 bridgehead atoms. The van der Waals surface area contributed by atoms with Crippen molar-refractivity contribution in [2.45, 2.75) is 35.3 Å². The van der Waals surface area contributed by atoms with Gasteiger partial charge in [0.2, 0.25) is 0 Å². The molecule has 5 rings (SSSR count). The molecule has 5 heteroatoms. The lowest BCUT2D eigenvalue weighted by molar-refractivity contribution is -0.278. The first kappa shape index (κ1) is 15.9. The highest BCUT2D eigenvalue weighted by atomic mass is 32.2. The van der Waals surface area contributed by atoms with E-state index in [9.17, 15) is 0 Å².